The van der Waals surface area contributed by atoms with E-state index in [9.17, 15) is 9.59 Å². The van der Waals surface area contributed by atoms with Crippen molar-refractivity contribution in [3.8, 4) is 0 Å². The first-order chi connectivity index (χ1) is 12.1. The van der Waals surface area contributed by atoms with Gasteiger partial charge in [0.25, 0.3) is 5.91 Å². The van der Waals surface area contributed by atoms with Gasteiger partial charge in [-0.15, -0.1) is 10.2 Å². The molecule has 1 aromatic heterocycles. The van der Waals surface area contributed by atoms with Crippen molar-refractivity contribution in [1.29, 1.82) is 0 Å². The number of aromatic nitrogens is 2. The molecule has 2 heterocycles. The number of hydrogen-bond donors (Lipinski definition) is 2. The number of anilines is 2. The fourth-order valence-electron chi connectivity index (χ4n) is 2.79. The minimum Gasteiger partial charge on any atom is -0.388 e. The molecule has 1 fully saturated rings. The number of piperidine rings is 1. The molecule has 0 aliphatic carbocycles. The van der Waals surface area contributed by atoms with Crippen LogP contribution in [0.1, 0.15) is 23.2 Å². The van der Waals surface area contributed by atoms with Crippen molar-refractivity contribution in [1.82, 2.24) is 15.1 Å². The normalized spacial score (nSPS) is 15.0. The number of benzene rings is 1. The second-order valence-corrected chi connectivity index (χ2v) is 6.98. The lowest BCUT2D eigenvalue weighted by Crippen LogP contribution is -2.41. The van der Waals surface area contributed by atoms with Crippen molar-refractivity contribution in [3.63, 3.8) is 0 Å². The van der Waals surface area contributed by atoms with Gasteiger partial charge in [0, 0.05) is 31.7 Å². The monoisotopic (exact) mass is 379 g/mol. The third-order valence-electron chi connectivity index (χ3n) is 4.23. The molecule has 2 amide bonds. The molecular weight excluding hydrogens is 362 g/mol. The van der Waals surface area contributed by atoms with Crippen molar-refractivity contribution >= 4 is 45.6 Å². The van der Waals surface area contributed by atoms with Gasteiger partial charge in [-0.25, -0.2) is 0 Å². The topological polar surface area (TPSA) is 87.2 Å². The summed E-state index contributed by atoms with van der Waals surface area (Å²) in [5, 5.41) is 14.2. The fraction of sp³-hybridized carbons (Fsp3) is 0.375. The molecule has 0 atom stereocenters. The summed E-state index contributed by atoms with van der Waals surface area (Å²) < 4.78 is 0. The number of nitrogens with zero attached hydrogens (tertiary/aromatic N) is 3. The van der Waals surface area contributed by atoms with Gasteiger partial charge in [-0.3, -0.25) is 9.59 Å². The Balaban J connectivity index is 1.60. The van der Waals surface area contributed by atoms with E-state index in [-0.39, 0.29) is 17.7 Å². The van der Waals surface area contributed by atoms with Crippen molar-refractivity contribution in [2.75, 3.05) is 30.8 Å². The number of carbonyl (C=O) groups excluding carboxylic acids is 2. The van der Waals surface area contributed by atoms with E-state index in [0.29, 0.717) is 41.6 Å². The van der Waals surface area contributed by atoms with E-state index in [2.05, 4.69) is 20.8 Å². The molecular formula is C16H18ClN5O2S. The van der Waals surface area contributed by atoms with E-state index in [1.165, 1.54) is 11.3 Å². The lowest BCUT2D eigenvalue weighted by Gasteiger charge is -2.31. The SMILES string of the molecule is CNc1ccc(Cl)c(C(=O)N2CCC(C(=O)Nc3nncs3)CC2)c1. The highest BCUT2D eigenvalue weighted by Crippen LogP contribution is 2.25. The summed E-state index contributed by atoms with van der Waals surface area (Å²) in [6.07, 6.45) is 1.22. The third-order valence-corrected chi connectivity index (χ3v) is 5.16. The molecule has 2 N–H and O–H groups in total. The first kappa shape index (κ1) is 17.6. The van der Waals surface area contributed by atoms with E-state index >= 15 is 0 Å². The number of hydrogen-bond acceptors (Lipinski definition) is 6. The number of nitrogens with one attached hydrogen (secondary N) is 2. The van der Waals surface area contributed by atoms with Crippen LogP contribution < -0.4 is 10.6 Å². The summed E-state index contributed by atoms with van der Waals surface area (Å²) in [5.74, 6) is -0.309. The number of halogens is 1. The van der Waals surface area contributed by atoms with Gasteiger partial charge in [0.2, 0.25) is 11.0 Å². The average Bonchev–Trinajstić information content (AvgIpc) is 3.14. The maximum Gasteiger partial charge on any atom is 0.255 e. The molecule has 1 saturated heterocycles. The van der Waals surface area contributed by atoms with Crippen LogP contribution in [0.2, 0.25) is 5.02 Å². The van der Waals surface area contributed by atoms with Gasteiger partial charge in [-0.05, 0) is 31.0 Å². The predicted molar refractivity (Wildman–Crippen MR) is 98.2 cm³/mol. The number of likely N-dealkylation sites (tertiary alicyclic amines) is 1. The summed E-state index contributed by atoms with van der Waals surface area (Å²) in [4.78, 5) is 26.7. The molecule has 132 valence electrons. The van der Waals surface area contributed by atoms with Crippen LogP contribution in [0.3, 0.4) is 0 Å². The zero-order valence-corrected chi connectivity index (χ0v) is 15.2. The summed E-state index contributed by atoms with van der Waals surface area (Å²) >= 11 is 7.46. The Hall–Kier alpha value is -2.19. The molecule has 0 bridgehead atoms. The Morgan fingerprint density at radius 3 is 2.72 bits per heavy atom. The van der Waals surface area contributed by atoms with Crippen LogP contribution in [0.15, 0.2) is 23.7 Å². The predicted octanol–water partition coefficient (Wildman–Crippen LogP) is 2.72. The highest BCUT2D eigenvalue weighted by Gasteiger charge is 2.29. The van der Waals surface area contributed by atoms with Crippen LogP contribution in [0, 0.1) is 5.92 Å². The van der Waals surface area contributed by atoms with Gasteiger partial charge in [0.1, 0.15) is 5.51 Å². The fourth-order valence-corrected chi connectivity index (χ4v) is 3.44. The molecule has 0 saturated carbocycles. The number of carbonyl (C=O) groups is 2. The molecule has 3 rings (SSSR count). The van der Waals surface area contributed by atoms with Gasteiger partial charge in [-0.1, -0.05) is 22.9 Å². The van der Waals surface area contributed by atoms with E-state index in [4.69, 9.17) is 11.6 Å². The molecule has 0 unspecified atom stereocenters. The summed E-state index contributed by atoms with van der Waals surface area (Å²) in [6, 6.07) is 5.28. The minimum atomic E-state index is -0.132. The van der Waals surface area contributed by atoms with Gasteiger partial charge >= 0.3 is 0 Å². The molecule has 1 aliphatic rings. The lowest BCUT2D eigenvalue weighted by atomic mass is 9.95. The highest BCUT2D eigenvalue weighted by molar-refractivity contribution is 7.13. The molecule has 1 aromatic carbocycles. The highest BCUT2D eigenvalue weighted by atomic mass is 35.5. The first-order valence-electron chi connectivity index (χ1n) is 7.92. The standard InChI is InChI=1S/C16H18ClN5O2S/c1-18-11-2-3-13(17)12(8-11)15(24)22-6-4-10(5-7-22)14(23)20-16-21-19-9-25-16/h2-3,8-10,18H,4-7H2,1H3,(H,20,21,23). The smallest absolute Gasteiger partial charge is 0.255 e. The number of amides is 2. The summed E-state index contributed by atoms with van der Waals surface area (Å²) in [6.45, 7) is 1.04. The van der Waals surface area contributed by atoms with Crippen LogP contribution in [-0.2, 0) is 4.79 Å². The Morgan fingerprint density at radius 1 is 1.32 bits per heavy atom. The molecule has 2 aromatic rings. The second kappa shape index (κ2) is 7.79. The molecule has 0 radical (unpaired) electrons. The average molecular weight is 380 g/mol. The summed E-state index contributed by atoms with van der Waals surface area (Å²) in [5.41, 5.74) is 2.88. The zero-order chi connectivity index (χ0) is 17.8. The Morgan fingerprint density at radius 2 is 2.08 bits per heavy atom. The number of rotatable bonds is 4. The Labute approximate surface area is 154 Å². The molecule has 0 spiro atoms. The van der Waals surface area contributed by atoms with Crippen LogP contribution in [0.4, 0.5) is 10.8 Å². The van der Waals surface area contributed by atoms with Crippen LogP contribution in [0.5, 0.6) is 0 Å². The molecule has 25 heavy (non-hydrogen) atoms. The third kappa shape index (κ3) is 4.08. The van der Waals surface area contributed by atoms with Crippen LogP contribution in [0.25, 0.3) is 0 Å². The van der Waals surface area contributed by atoms with Gasteiger partial charge < -0.3 is 15.5 Å². The van der Waals surface area contributed by atoms with Gasteiger partial charge in [0.05, 0.1) is 10.6 Å². The maximum absolute atomic E-state index is 12.7. The largest absolute Gasteiger partial charge is 0.388 e. The maximum atomic E-state index is 12.7. The minimum absolute atomic E-state index is 0.0703. The van der Waals surface area contributed by atoms with Gasteiger partial charge in [0.15, 0.2) is 0 Å². The molecule has 9 heteroatoms. The van der Waals surface area contributed by atoms with E-state index in [1.54, 1.807) is 29.6 Å². The Bertz CT molecular complexity index is 760. The Kier molecular flexibility index (Phi) is 5.50. The van der Waals surface area contributed by atoms with Crippen molar-refractivity contribution in [3.05, 3.63) is 34.3 Å². The van der Waals surface area contributed by atoms with Crippen molar-refractivity contribution in [2.45, 2.75) is 12.8 Å². The van der Waals surface area contributed by atoms with Gasteiger partial charge in [-0.2, -0.15) is 0 Å². The van der Waals surface area contributed by atoms with E-state index < -0.39 is 0 Å². The van der Waals surface area contributed by atoms with E-state index in [0.717, 1.165) is 5.69 Å². The summed E-state index contributed by atoms with van der Waals surface area (Å²) in [7, 11) is 1.79. The first-order valence-corrected chi connectivity index (χ1v) is 9.18. The zero-order valence-electron chi connectivity index (χ0n) is 13.7. The molecule has 7 nitrogen and oxygen atoms in total. The second-order valence-electron chi connectivity index (χ2n) is 5.74. The van der Waals surface area contributed by atoms with Crippen LogP contribution in [-0.4, -0.2) is 47.0 Å². The van der Waals surface area contributed by atoms with Crippen molar-refractivity contribution in [2.24, 2.45) is 5.92 Å². The molecule has 1 aliphatic heterocycles. The van der Waals surface area contributed by atoms with Crippen LogP contribution >= 0.6 is 22.9 Å². The van der Waals surface area contributed by atoms with Crippen molar-refractivity contribution < 1.29 is 9.59 Å². The van der Waals surface area contributed by atoms with E-state index in [1.807, 2.05) is 6.07 Å². The quantitative estimate of drug-likeness (QED) is 0.852. The lowest BCUT2D eigenvalue weighted by molar-refractivity contribution is -0.121.